The standard InChI is InChI=1S/C14H26F3N3O/c1-11(2)19-13(21)18-7-5-12-4-3-8-20(10-12)9-6-14(15,16)17/h11-12H,3-10H2,1-2H3,(H2,18,19,21)/t12-/m0/s1. The van der Waals surface area contributed by atoms with Crippen molar-refractivity contribution in [1.29, 1.82) is 0 Å². The Morgan fingerprint density at radius 1 is 1.38 bits per heavy atom. The van der Waals surface area contributed by atoms with Gasteiger partial charge in [0.25, 0.3) is 0 Å². The maximum atomic E-state index is 12.2. The zero-order valence-corrected chi connectivity index (χ0v) is 12.8. The maximum Gasteiger partial charge on any atom is 0.390 e. The van der Waals surface area contributed by atoms with Crippen LogP contribution in [0.5, 0.6) is 0 Å². The molecule has 0 bridgehead atoms. The van der Waals surface area contributed by atoms with Crippen LogP contribution in [0.3, 0.4) is 0 Å². The lowest BCUT2D eigenvalue weighted by Crippen LogP contribution is -2.42. The third-order valence-corrected chi connectivity index (χ3v) is 3.57. The van der Waals surface area contributed by atoms with Crippen LogP contribution in [0.4, 0.5) is 18.0 Å². The van der Waals surface area contributed by atoms with Crippen LogP contribution < -0.4 is 10.6 Å². The second-order valence-corrected chi connectivity index (χ2v) is 6.02. The van der Waals surface area contributed by atoms with E-state index in [1.807, 2.05) is 18.7 Å². The third-order valence-electron chi connectivity index (χ3n) is 3.57. The smallest absolute Gasteiger partial charge is 0.338 e. The van der Waals surface area contributed by atoms with E-state index < -0.39 is 12.6 Å². The summed E-state index contributed by atoms with van der Waals surface area (Å²) in [5.41, 5.74) is 0. The number of nitrogens with one attached hydrogen (secondary N) is 2. The molecule has 21 heavy (non-hydrogen) atoms. The number of amides is 2. The van der Waals surface area contributed by atoms with Crippen molar-refractivity contribution >= 4 is 6.03 Å². The van der Waals surface area contributed by atoms with Gasteiger partial charge in [-0.05, 0) is 45.6 Å². The molecule has 1 aliphatic rings. The van der Waals surface area contributed by atoms with Gasteiger partial charge in [-0.1, -0.05) is 0 Å². The number of rotatable bonds is 6. The van der Waals surface area contributed by atoms with Crippen LogP contribution in [0.1, 0.15) is 39.5 Å². The van der Waals surface area contributed by atoms with Crippen LogP contribution in [0.15, 0.2) is 0 Å². The Bertz CT molecular complexity index is 321. The van der Waals surface area contributed by atoms with E-state index >= 15 is 0 Å². The van der Waals surface area contributed by atoms with E-state index in [1.165, 1.54) is 0 Å². The van der Waals surface area contributed by atoms with Crippen molar-refractivity contribution in [1.82, 2.24) is 15.5 Å². The molecule has 124 valence electrons. The van der Waals surface area contributed by atoms with Gasteiger partial charge in [-0.15, -0.1) is 0 Å². The van der Waals surface area contributed by atoms with Crippen molar-refractivity contribution in [2.45, 2.75) is 51.7 Å². The molecule has 1 atom stereocenters. The quantitative estimate of drug-likeness (QED) is 0.792. The summed E-state index contributed by atoms with van der Waals surface area (Å²) < 4.78 is 36.7. The molecule has 0 radical (unpaired) electrons. The summed E-state index contributed by atoms with van der Waals surface area (Å²) in [5, 5.41) is 5.52. The molecule has 0 aliphatic carbocycles. The number of likely N-dealkylation sites (tertiary alicyclic amines) is 1. The topological polar surface area (TPSA) is 44.4 Å². The molecule has 1 saturated heterocycles. The summed E-state index contributed by atoms with van der Waals surface area (Å²) in [4.78, 5) is 13.3. The van der Waals surface area contributed by atoms with Gasteiger partial charge in [-0.2, -0.15) is 13.2 Å². The molecule has 0 unspecified atom stereocenters. The highest BCUT2D eigenvalue weighted by molar-refractivity contribution is 5.73. The fourth-order valence-corrected chi connectivity index (χ4v) is 2.58. The molecule has 4 nitrogen and oxygen atoms in total. The Hall–Kier alpha value is -0.980. The number of halogens is 3. The first-order valence-electron chi connectivity index (χ1n) is 7.59. The molecule has 0 aromatic heterocycles. The molecule has 1 rings (SSSR count). The maximum absolute atomic E-state index is 12.2. The minimum atomic E-state index is -4.08. The lowest BCUT2D eigenvalue weighted by molar-refractivity contribution is -0.138. The number of carbonyl (C=O) groups excluding carboxylic acids is 1. The van der Waals surface area contributed by atoms with Crippen LogP contribution >= 0.6 is 0 Å². The predicted molar refractivity (Wildman–Crippen MR) is 76.1 cm³/mol. The summed E-state index contributed by atoms with van der Waals surface area (Å²) in [5.74, 6) is 0.367. The summed E-state index contributed by atoms with van der Waals surface area (Å²) >= 11 is 0. The molecule has 1 heterocycles. The first-order chi connectivity index (χ1) is 9.76. The lowest BCUT2D eigenvalue weighted by Gasteiger charge is -2.33. The fraction of sp³-hybridized carbons (Fsp3) is 0.929. The molecule has 1 fully saturated rings. The molecule has 2 N–H and O–H groups in total. The zero-order valence-electron chi connectivity index (χ0n) is 12.8. The second kappa shape index (κ2) is 8.46. The van der Waals surface area contributed by atoms with E-state index in [0.29, 0.717) is 19.0 Å². The lowest BCUT2D eigenvalue weighted by atomic mass is 9.94. The third kappa shape index (κ3) is 8.80. The monoisotopic (exact) mass is 309 g/mol. The summed E-state index contributed by atoms with van der Waals surface area (Å²) in [6, 6.07) is -0.0905. The highest BCUT2D eigenvalue weighted by atomic mass is 19.4. The van der Waals surface area contributed by atoms with E-state index in [4.69, 9.17) is 0 Å². The molecule has 2 amide bonds. The van der Waals surface area contributed by atoms with E-state index in [1.54, 1.807) is 0 Å². The summed E-state index contributed by atoms with van der Waals surface area (Å²) in [7, 11) is 0. The van der Waals surface area contributed by atoms with Gasteiger partial charge in [0, 0.05) is 25.7 Å². The Morgan fingerprint density at radius 3 is 2.71 bits per heavy atom. The Balaban J connectivity index is 2.19. The van der Waals surface area contributed by atoms with Crippen LogP contribution in [-0.2, 0) is 0 Å². The van der Waals surface area contributed by atoms with Crippen molar-refractivity contribution < 1.29 is 18.0 Å². The number of alkyl halides is 3. The first-order valence-corrected chi connectivity index (χ1v) is 7.59. The van der Waals surface area contributed by atoms with Crippen molar-refractivity contribution in [3.8, 4) is 0 Å². The number of hydrogen-bond donors (Lipinski definition) is 2. The van der Waals surface area contributed by atoms with Crippen LogP contribution in [0, 0.1) is 5.92 Å². The number of hydrogen-bond acceptors (Lipinski definition) is 2. The van der Waals surface area contributed by atoms with Gasteiger partial charge >= 0.3 is 12.2 Å². The van der Waals surface area contributed by atoms with Crippen LogP contribution in [0.25, 0.3) is 0 Å². The van der Waals surface area contributed by atoms with Gasteiger partial charge in [-0.25, -0.2) is 4.79 Å². The van der Waals surface area contributed by atoms with E-state index in [-0.39, 0.29) is 18.6 Å². The molecule has 7 heteroatoms. The molecule has 0 saturated carbocycles. The van der Waals surface area contributed by atoms with Crippen LogP contribution in [-0.4, -0.2) is 49.3 Å². The average molecular weight is 309 g/mol. The average Bonchev–Trinajstić information content (AvgIpc) is 2.35. The Morgan fingerprint density at radius 2 is 2.10 bits per heavy atom. The minimum Gasteiger partial charge on any atom is -0.338 e. The zero-order chi connectivity index (χ0) is 15.9. The van der Waals surface area contributed by atoms with Gasteiger partial charge in [-0.3, -0.25) is 0 Å². The molecular formula is C14H26F3N3O. The molecular weight excluding hydrogens is 283 g/mol. The van der Waals surface area contributed by atoms with Gasteiger partial charge in [0.05, 0.1) is 6.42 Å². The number of urea groups is 1. The summed E-state index contributed by atoms with van der Waals surface area (Å²) in [6.07, 6.45) is -2.05. The largest absolute Gasteiger partial charge is 0.390 e. The van der Waals surface area contributed by atoms with Gasteiger partial charge in [0.2, 0.25) is 0 Å². The highest BCUT2D eigenvalue weighted by Gasteiger charge is 2.29. The van der Waals surface area contributed by atoms with Crippen LogP contribution in [0.2, 0.25) is 0 Å². The van der Waals surface area contributed by atoms with Crippen molar-refractivity contribution in [3.63, 3.8) is 0 Å². The van der Waals surface area contributed by atoms with E-state index in [2.05, 4.69) is 10.6 Å². The van der Waals surface area contributed by atoms with Crippen molar-refractivity contribution in [2.24, 2.45) is 5.92 Å². The Labute approximate surface area is 124 Å². The van der Waals surface area contributed by atoms with E-state index in [9.17, 15) is 18.0 Å². The minimum absolute atomic E-state index is 0.0846. The van der Waals surface area contributed by atoms with Crippen molar-refractivity contribution in [2.75, 3.05) is 26.2 Å². The van der Waals surface area contributed by atoms with Gasteiger partial charge in [0.1, 0.15) is 0 Å². The number of nitrogens with zero attached hydrogens (tertiary/aromatic N) is 1. The SMILES string of the molecule is CC(C)NC(=O)NCC[C@@H]1CCCN(CCC(F)(F)F)C1. The first kappa shape index (κ1) is 18.1. The van der Waals surface area contributed by atoms with Crippen molar-refractivity contribution in [3.05, 3.63) is 0 Å². The number of piperidine rings is 1. The van der Waals surface area contributed by atoms with Gasteiger partial charge < -0.3 is 15.5 Å². The Kier molecular flexibility index (Phi) is 7.28. The molecule has 1 aliphatic heterocycles. The normalized spacial score (nSPS) is 20.6. The second-order valence-electron chi connectivity index (χ2n) is 6.02. The summed E-state index contributed by atoms with van der Waals surface area (Å²) in [6.45, 7) is 5.87. The molecule has 0 aromatic carbocycles. The molecule has 0 aromatic rings. The van der Waals surface area contributed by atoms with Gasteiger partial charge in [0.15, 0.2) is 0 Å². The van der Waals surface area contributed by atoms with E-state index in [0.717, 1.165) is 25.8 Å². The predicted octanol–water partition coefficient (Wildman–Crippen LogP) is 2.75. The molecule has 0 spiro atoms. The fourth-order valence-electron chi connectivity index (χ4n) is 2.58. The number of carbonyl (C=O) groups is 1. The highest BCUT2D eigenvalue weighted by Crippen LogP contribution is 2.23.